The van der Waals surface area contributed by atoms with Gasteiger partial charge >= 0.3 is 6.03 Å². The highest BCUT2D eigenvalue weighted by Crippen LogP contribution is 2.65. The van der Waals surface area contributed by atoms with E-state index in [1.807, 2.05) is 0 Å². The zero-order valence-electron chi connectivity index (χ0n) is 17.3. The van der Waals surface area contributed by atoms with Crippen molar-refractivity contribution in [3.05, 3.63) is 41.5 Å². The van der Waals surface area contributed by atoms with E-state index in [1.54, 1.807) is 18.2 Å². The van der Waals surface area contributed by atoms with Crippen molar-refractivity contribution in [3.63, 3.8) is 0 Å². The number of benzene rings is 1. The van der Waals surface area contributed by atoms with E-state index >= 15 is 0 Å². The summed E-state index contributed by atoms with van der Waals surface area (Å²) in [5.41, 5.74) is 6.39. The van der Waals surface area contributed by atoms with Crippen LogP contribution in [-0.4, -0.2) is 61.4 Å². The summed E-state index contributed by atoms with van der Waals surface area (Å²) in [5, 5.41) is 9.76. The number of carbonyl (C=O) groups is 5. The molecular weight excluding hydrogens is 473 g/mol. The van der Waals surface area contributed by atoms with Gasteiger partial charge in [0.15, 0.2) is 9.75 Å². The summed E-state index contributed by atoms with van der Waals surface area (Å²) in [6.07, 6.45) is 1.72. The smallest absolute Gasteiger partial charge is 0.328 e. The largest absolute Gasteiger partial charge is 0.508 e. The summed E-state index contributed by atoms with van der Waals surface area (Å²) >= 11 is 13.9. The van der Waals surface area contributed by atoms with E-state index in [0.29, 0.717) is 16.0 Å². The number of primary amides is 1. The van der Waals surface area contributed by atoms with Crippen LogP contribution in [-0.2, 0) is 19.2 Å². The number of rotatable bonds is 1. The van der Waals surface area contributed by atoms with E-state index in [4.69, 9.17) is 28.9 Å². The molecule has 5 rings (SSSR count). The first-order valence-electron chi connectivity index (χ1n) is 10.3. The molecule has 2 saturated heterocycles. The van der Waals surface area contributed by atoms with Crippen LogP contribution in [0, 0.1) is 17.8 Å². The Labute approximate surface area is 198 Å². The molecule has 0 aromatic heterocycles. The molecule has 2 aliphatic carbocycles. The minimum atomic E-state index is -1.89. The van der Waals surface area contributed by atoms with Crippen LogP contribution in [0.4, 0.5) is 4.79 Å². The molecule has 0 radical (unpaired) electrons. The molecule has 33 heavy (non-hydrogen) atoms. The Hall–Kier alpha value is -2.91. The first-order valence-corrected chi connectivity index (χ1v) is 11.1. The second-order valence-electron chi connectivity index (χ2n) is 8.94. The quantitative estimate of drug-likeness (QED) is 0.346. The highest BCUT2D eigenvalue weighted by Gasteiger charge is 2.75. The van der Waals surface area contributed by atoms with Crippen molar-refractivity contribution in [1.82, 2.24) is 9.80 Å². The second-order valence-corrected chi connectivity index (χ2v) is 10.2. The van der Waals surface area contributed by atoms with Crippen molar-refractivity contribution in [2.24, 2.45) is 23.5 Å². The number of urea groups is 1. The number of aromatic hydroxyl groups is 1. The van der Waals surface area contributed by atoms with Gasteiger partial charge in [-0.05, 0) is 36.5 Å². The molecule has 0 unspecified atom stereocenters. The zero-order chi connectivity index (χ0) is 24.0. The van der Waals surface area contributed by atoms with Gasteiger partial charge in [-0.25, -0.2) is 4.79 Å². The van der Waals surface area contributed by atoms with Crippen molar-refractivity contribution >= 4 is 52.9 Å². The molecule has 9 nitrogen and oxygen atoms in total. The lowest BCUT2D eigenvalue weighted by molar-refractivity contribution is -0.139. The van der Waals surface area contributed by atoms with Gasteiger partial charge < -0.3 is 10.8 Å². The van der Waals surface area contributed by atoms with Gasteiger partial charge in [0.1, 0.15) is 5.75 Å². The predicted molar refractivity (Wildman–Crippen MR) is 115 cm³/mol. The van der Waals surface area contributed by atoms with Crippen molar-refractivity contribution < 1.29 is 29.1 Å². The summed E-state index contributed by atoms with van der Waals surface area (Å²) in [4.78, 5) is 61.7. The Bertz CT molecular complexity index is 1180. The zero-order valence-corrected chi connectivity index (χ0v) is 18.8. The SMILES string of the molecule is CN1C(=O)[C@]2(Cl)C[C@@H]3C(=CC[C@@H]4C(=O)N(C(N)=O)C(=O)[C@@H]43)[C@H](c3ccc(O)cc3)[C@]2(Cl)C1=O. The van der Waals surface area contributed by atoms with Crippen molar-refractivity contribution in [1.29, 1.82) is 0 Å². The second kappa shape index (κ2) is 6.80. The Balaban J connectivity index is 1.72. The maximum atomic E-state index is 13.3. The summed E-state index contributed by atoms with van der Waals surface area (Å²) < 4.78 is 0. The Morgan fingerprint density at radius 2 is 1.70 bits per heavy atom. The average Bonchev–Trinajstić information content (AvgIpc) is 3.10. The number of phenolic OH excluding ortho intramolecular Hbond substituents is 1. The molecule has 1 aromatic carbocycles. The van der Waals surface area contributed by atoms with Crippen molar-refractivity contribution in [2.75, 3.05) is 7.05 Å². The molecule has 2 aliphatic heterocycles. The number of amides is 6. The molecule has 11 heteroatoms. The molecule has 2 heterocycles. The third-order valence-electron chi connectivity index (χ3n) is 7.46. The Morgan fingerprint density at radius 3 is 2.30 bits per heavy atom. The third kappa shape index (κ3) is 2.52. The van der Waals surface area contributed by atoms with Crippen LogP contribution in [0.5, 0.6) is 5.75 Å². The lowest BCUT2D eigenvalue weighted by Crippen LogP contribution is -2.60. The maximum absolute atomic E-state index is 13.3. The standard InChI is InChI=1S/C22H19Cl2N3O6/c1-26-18(31)21(23)8-13-11(6-7-12-14(13)17(30)27(16(12)29)20(25)33)15(22(21,24)19(26)32)9-2-4-10(28)5-3-9/h2-6,12-15,28H,7-8H2,1H3,(H2,25,33)/t12-,13+,14-,15-,21+,22-/m0/s1. The molecule has 3 fully saturated rings. The average molecular weight is 492 g/mol. The Kier molecular flexibility index (Phi) is 4.52. The predicted octanol–water partition coefficient (Wildman–Crippen LogP) is 1.46. The van der Waals surface area contributed by atoms with Gasteiger partial charge in [-0.1, -0.05) is 23.8 Å². The monoisotopic (exact) mass is 491 g/mol. The minimum absolute atomic E-state index is 0.0100. The summed E-state index contributed by atoms with van der Waals surface area (Å²) in [6.45, 7) is 0. The summed E-state index contributed by atoms with van der Waals surface area (Å²) in [7, 11) is 1.30. The van der Waals surface area contributed by atoms with E-state index in [-0.39, 0.29) is 18.6 Å². The van der Waals surface area contributed by atoms with Gasteiger partial charge in [-0.15, -0.1) is 23.2 Å². The van der Waals surface area contributed by atoms with Crippen LogP contribution in [0.25, 0.3) is 0 Å². The van der Waals surface area contributed by atoms with Gasteiger partial charge in [0.2, 0.25) is 11.8 Å². The maximum Gasteiger partial charge on any atom is 0.328 e. The van der Waals surface area contributed by atoms with Crippen LogP contribution in [0.2, 0.25) is 0 Å². The molecule has 172 valence electrons. The number of hydrogen-bond acceptors (Lipinski definition) is 6. The van der Waals surface area contributed by atoms with Crippen LogP contribution in [0.3, 0.4) is 0 Å². The molecule has 6 amide bonds. The third-order valence-corrected chi connectivity index (χ3v) is 8.87. The number of alkyl halides is 2. The summed E-state index contributed by atoms with van der Waals surface area (Å²) in [5.74, 6) is -6.24. The molecule has 1 saturated carbocycles. The van der Waals surface area contributed by atoms with Gasteiger partial charge in [-0.3, -0.25) is 24.1 Å². The van der Waals surface area contributed by atoms with E-state index in [2.05, 4.69) is 0 Å². The van der Waals surface area contributed by atoms with Gasteiger partial charge in [0.25, 0.3) is 11.8 Å². The first kappa shape index (κ1) is 21.9. The van der Waals surface area contributed by atoms with Gasteiger partial charge in [0.05, 0.1) is 11.8 Å². The number of phenols is 1. The van der Waals surface area contributed by atoms with E-state index in [1.165, 1.54) is 19.2 Å². The topological polar surface area (TPSA) is 138 Å². The normalized spacial score (nSPS) is 37.6. The van der Waals surface area contributed by atoms with Gasteiger partial charge in [0, 0.05) is 13.0 Å². The van der Waals surface area contributed by atoms with Crippen molar-refractivity contribution in [3.8, 4) is 5.75 Å². The van der Waals surface area contributed by atoms with E-state index in [0.717, 1.165) is 4.90 Å². The van der Waals surface area contributed by atoms with Crippen LogP contribution < -0.4 is 5.73 Å². The number of carbonyl (C=O) groups excluding carboxylic acids is 5. The lowest BCUT2D eigenvalue weighted by Gasteiger charge is -2.50. The lowest BCUT2D eigenvalue weighted by atomic mass is 9.56. The summed E-state index contributed by atoms with van der Waals surface area (Å²) in [6, 6.07) is 4.83. The molecule has 6 atom stereocenters. The molecule has 0 bridgehead atoms. The molecule has 1 aromatic rings. The molecule has 0 spiro atoms. The first-order chi connectivity index (χ1) is 15.4. The number of halogens is 2. The fourth-order valence-electron chi connectivity index (χ4n) is 6.00. The fourth-order valence-corrected chi connectivity index (χ4v) is 7.02. The van der Waals surface area contributed by atoms with Gasteiger partial charge in [-0.2, -0.15) is 4.90 Å². The molecular formula is C22H19Cl2N3O6. The highest BCUT2D eigenvalue weighted by molar-refractivity contribution is 6.53. The number of likely N-dealkylation sites (tertiary alicyclic amines) is 2. The number of nitrogens with zero attached hydrogens (tertiary/aromatic N) is 2. The number of imide groups is 4. The molecule has 4 aliphatic rings. The van der Waals surface area contributed by atoms with E-state index < -0.39 is 63.1 Å². The molecule has 3 N–H and O–H groups in total. The highest BCUT2D eigenvalue weighted by atomic mass is 35.5. The van der Waals surface area contributed by atoms with Crippen LogP contribution >= 0.6 is 23.2 Å². The minimum Gasteiger partial charge on any atom is -0.508 e. The van der Waals surface area contributed by atoms with E-state index in [9.17, 15) is 29.1 Å². The van der Waals surface area contributed by atoms with Crippen LogP contribution in [0.1, 0.15) is 24.3 Å². The number of allylic oxidation sites excluding steroid dienone is 2. The Morgan fingerprint density at radius 1 is 1.06 bits per heavy atom. The fraction of sp³-hybridized carbons (Fsp3) is 0.409. The van der Waals surface area contributed by atoms with Crippen molar-refractivity contribution in [2.45, 2.75) is 28.5 Å². The number of fused-ring (bicyclic) bond motifs is 4. The number of nitrogens with two attached hydrogens (primary N) is 1. The van der Waals surface area contributed by atoms with Crippen LogP contribution in [0.15, 0.2) is 35.9 Å². The number of hydrogen-bond donors (Lipinski definition) is 2.